The lowest BCUT2D eigenvalue weighted by atomic mass is 9.94. The lowest BCUT2D eigenvalue weighted by Crippen LogP contribution is -2.61. The summed E-state index contributed by atoms with van der Waals surface area (Å²) in [6, 6.07) is 6.85. The monoisotopic (exact) mass is 325 g/mol. The Bertz CT molecular complexity index is 520. The minimum absolute atomic E-state index is 0.0609. The van der Waals surface area contributed by atoms with Gasteiger partial charge in [-0.2, -0.15) is 0 Å². The van der Waals surface area contributed by atoms with Crippen molar-refractivity contribution in [2.24, 2.45) is 0 Å². The fourth-order valence-electron chi connectivity index (χ4n) is 2.02. The number of carbonyl (C=O) groups is 2. The molecule has 0 spiro atoms. The molecule has 1 amide bonds. The summed E-state index contributed by atoms with van der Waals surface area (Å²) in [5.74, 6) is 0.0609. The normalized spacial score (nSPS) is 17.3. The van der Waals surface area contributed by atoms with Crippen molar-refractivity contribution in [3.05, 3.63) is 34.9 Å². The van der Waals surface area contributed by atoms with Crippen LogP contribution in [0.2, 0.25) is 5.02 Å². The van der Waals surface area contributed by atoms with E-state index in [2.05, 4.69) is 0 Å². The van der Waals surface area contributed by atoms with Gasteiger partial charge in [0.05, 0.1) is 6.54 Å². The van der Waals surface area contributed by atoms with Crippen molar-refractivity contribution in [3.8, 4) is 0 Å². The third-order valence-electron chi connectivity index (χ3n) is 3.04. The molecule has 0 aromatic heterocycles. The average molecular weight is 326 g/mol. The maximum absolute atomic E-state index is 12.0. The first kappa shape index (κ1) is 18.5. The predicted octanol–water partition coefficient (Wildman–Crippen LogP) is 4.10. The average Bonchev–Trinajstić information content (AvgIpc) is 2.44. The lowest BCUT2D eigenvalue weighted by molar-refractivity contribution is -0.135. The van der Waals surface area contributed by atoms with E-state index in [1.54, 1.807) is 32.9 Å². The quantitative estimate of drug-likeness (QED) is 0.822. The number of likely N-dealkylation sites (tertiary alicyclic amines) is 1. The standard InChI is InChI=1S/C15H18ClNO3.C2H6/c1-15(2,3)20-14(19)17-9-13(18)12(17)8-10-4-6-11(16)7-5-10;1-2/h4-7,12H,8-9H2,1-3H3;1-2H3/t12-;/m0./s1. The van der Waals surface area contributed by atoms with Gasteiger partial charge in [0.15, 0.2) is 5.78 Å². The van der Waals surface area contributed by atoms with Gasteiger partial charge in [-0.3, -0.25) is 9.69 Å². The number of benzene rings is 1. The minimum Gasteiger partial charge on any atom is -0.444 e. The molecule has 5 heteroatoms. The minimum atomic E-state index is -0.555. The van der Waals surface area contributed by atoms with Crippen LogP contribution in [-0.4, -0.2) is 35.0 Å². The van der Waals surface area contributed by atoms with Crippen molar-refractivity contribution in [1.82, 2.24) is 4.90 Å². The van der Waals surface area contributed by atoms with Crippen LogP contribution in [-0.2, 0) is 16.0 Å². The summed E-state index contributed by atoms with van der Waals surface area (Å²) >= 11 is 5.83. The van der Waals surface area contributed by atoms with Crippen LogP contribution in [0, 0.1) is 0 Å². The Labute approximate surface area is 137 Å². The first-order valence-electron chi connectivity index (χ1n) is 7.53. The van der Waals surface area contributed by atoms with Crippen LogP contribution in [0.3, 0.4) is 0 Å². The van der Waals surface area contributed by atoms with Crippen LogP contribution in [0.25, 0.3) is 0 Å². The summed E-state index contributed by atoms with van der Waals surface area (Å²) in [4.78, 5) is 25.2. The highest BCUT2D eigenvalue weighted by Gasteiger charge is 2.42. The van der Waals surface area contributed by atoms with E-state index in [0.717, 1.165) is 5.56 Å². The van der Waals surface area contributed by atoms with Gasteiger partial charge >= 0.3 is 6.09 Å². The summed E-state index contributed by atoms with van der Waals surface area (Å²) in [5, 5.41) is 0.651. The molecule has 1 aliphatic rings. The largest absolute Gasteiger partial charge is 0.444 e. The van der Waals surface area contributed by atoms with E-state index in [4.69, 9.17) is 16.3 Å². The molecule has 1 atom stereocenters. The Morgan fingerprint density at radius 1 is 1.27 bits per heavy atom. The molecule has 0 radical (unpaired) electrons. The van der Waals surface area contributed by atoms with Gasteiger partial charge in [0.25, 0.3) is 0 Å². The molecule has 2 rings (SSSR count). The van der Waals surface area contributed by atoms with E-state index >= 15 is 0 Å². The molecule has 0 bridgehead atoms. The van der Waals surface area contributed by atoms with E-state index in [0.29, 0.717) is 11.4 Å². The SMILES string of the molecule is CC.CC(C)(C)OC(=O)N1CC(=O)[C@@H]1Cc1ccc(Cl)cc1. The van der Waals surface area contributed by atoms with Gasteiger partial charge in [-0.05, 0) is 38.5 Å². The predicted molar refractivity (Wildman–Crippen MR) is 88.2 cm³/mol. The van der Waals surface area contributed by atoms with Crippen LogP contribution in [0.1, 0.15) is 40.2 Å². The first-order valence-corrected chi connectivity index (χ1v) is 7.91. The van der Waals surface area contributed by atoms with Gasteiger partial charge in [-0.25, -0.2) is 4.79 Å². The molecule has 1 heterocycles. The van der Waals surface area contributed by atoms with Crippen LogP contribution >= 0.6 is 11.6 Å². The van der Waals surface area contributed by atoms with Crippen molar-refractivity contribution in [3.63, 3.8) is 0 Å². The highest BCUT2D eigenvalue weighted by atomic mass is 35.5. The Balaban J connectivity index is 0.00000116. The van der Waals surface area contributed by atoms with Crippen molar-refractivity contribution in [2.45, 2.75) is 52.7 Å². The number of nitrogens with zero attached hydrogens (tertiary/aromatic N) is 1. The molecule has 22 heavy (non-hydrogen) atoms. The molecule has 0 unspecified atom stereocenters. The summed E-state index contributed by atoms with van der Waals surface area (Å²) < 4.78 is 5.29. The molecule has 1 aromatic rings. The molecule has 1 aliphatic heterocycles. The van der Waals surface area contributed by atoms with Crippen LogP contribution < -0.4 is 0 Å². The molecule has 0 aliphatic carbocycles. The Morgan fingerprint density at radius 2 is 1.82 bits per heavy atom. The van der Waals surface area contributed by atoms with E-state index in [9.17, 15) is 9.59 Å². The van der Waals surface area contributed by atoms with Gasteiger partial charge in [-0.1, -0.05) is 37.6 Å². The number of ketones is 1. The molecule has 1 fully saturated rings. The van der Waals surface area contributed by atoms with Crippen molar-refractivity contribution in [1.29, 1.82) is 0 Å². The number of amides is 1. The second kappa shape index (κ2) is 7.63. The van der Waals surface area contributed by atoms with Crippen molar-refractivity contribution >= 4 is 23.5 Å². The number of ether oxygens (including phenoxy) is 1. The third-order valence-corrected chi connectivity index (χ3v) is 3.30. The zero-order chi connectivity index (χ0) is 16.9. The molecule has 1 aromatic carbocycles. The zero-order valence-corrected chi connectivity index (χ0v) is 14.6. The zero-order valence-electron chi connectivity index (χ0n) is 13.9. The second-order valence-electron chi connectivity index (χ2n) is 5.92. The first-order chi connectivity index (χ1) is 10.3. The molecule has 0 N–H and O–H groups in total. The fourth-order valence-corrected chi connectivity index (χ4v) is 2.15. The topological polar surface area (TPSA) is 46.6 Å². The van der Waals surface area contributed by atoms with Gasteiger partial charge in [0.1, 0.15) is 11.6 Å². The summed E-state index contributed by atoms with van der Waals surface area (Å²) in [6.07, 6.45) is 0.0611. The van der Waals surface area contributed by atoms with Crippen LogP contribution in [0.4, 0.5) is 4.79 Å². The third kappa shape index (κ3) is 5.02. The number of rotatable bonds is 2. The van der Waals surface area contributed by atoms with Gasteiger partial charge in [0.2, 0.25) is 0 Å². The summed E-state index contributed by atoms with van der Waals surface area (Å²) in [6.45, 7) is 9.55. The van der Waals surface area contributed by atoms with E-state index in [-0.39, 0.29) is 12.3 Å². The van der Waals surface area contributed by atoms with E-state index < -0.39 is 17.7 Å². The van der Waals surface area contributed by atoms with Crippen molar-refractivity contribution < 1.29 is 14.3 Å². The number of halogens is 1. The Morgan fingerprint density at radius 3 is 2.27 bits per heavy atom. The molecular formula is C17H24ClNO3. The smallest absolute Gasteiger partial charge is 0.411 e. The van der Waals surface area contributed by atoms with Gasteiger partial charge < -0.3 is 4.74 Å². The number of hydrogen-bond acceptors (Lipinski definition) is 3. The lowest BCUT2D eigenvalue weighted by Gasteiger charge is -2.39. The number of carbonyl (C=O) groups excluding carboxylic acids is 2. The molecule has 4 nitrogen and oxygen atoms in total. The molecular weight excluding hydrogens is 302 g/mol. The van der Waals surface area contributed by atoms with Gasteiger partial charge in [-0.15, -0.1) is 0 Å². The number of Topliss-reactive ketones (excluding diaryl/α,β-unsaturated/α-hetero) is 1. The summed E-state index contributed by atoms with van der Waals surface area (Å²) in [5.41, 5.74) is 0.418. The Kier molecular flexibility index (Phi) is 6.42. The van der Waals surface area contributed by atoms with Crippen LogP contribution in [0.15, 0.2) is 24.3 Å². The summed E-state index contributed by atoms with van der Waals surface area (Å²) in [7, 11) is 0. The molecule has 1 saturated heterocycles. The molecule has 0 saturated carbocycles. The van der Waals surface area contributed by atoms with E-state index in [1.807, 2.05) is 26.0 Å². The maximum Gasteiger partial charge on any atom is 0.411 e. The molecule has 122 valence electrons. The second-order valence-corrected chi connectivity index (χ2v) is 6.36. The highest BCUT2D eigenvalue weighted by Crippen LogP contribution is 2.22. The Hall–Kier alpha value is -1.55. The van der Waals surface area contributed by atoms with Crippen LogP contribution in [0.5, 0.6) is 0 Å². The fraction of sp³-hybridized carbons (Fsp3) is 0.529. The van der Waals surface area contributed by atoms with E-state index in [1.165, 1.54) is 4.90 Å². The number of hydrogen-bond donors (Lipinski definition) is 0. The van der Waals surface area contributed by atoms with Gasteiger partial charge in [0, 0.05) is 11.4 Å². The highest BCUT2D eigenvalue weighted by molar-refractivity contribution is 6.30. The maximum atomic E-state index is 12.0. The van der Waals surface area contributed by atoms with Crippen molar-refractivity contribution in [2.75, 3.05) is 6.54 Å².